The molecule has 1 atom stereocenters. The number of benzene rings is 1. The molecule has 1 heterocycles. The Labute approximate surface area is 155 Å². The molecule has 1 aliphatic rings. The average molecular weight is 377 g/mol. The van der Waals surface area contributed by atoms with Crippen LogP contribution in [-0.2, 0) is 9.59 Å². The molecular formula is C16H26Cl2N4O2. The number of rotatable bonds is 5. The van der Waals surface area contributed by atoms with Crippen LogP contribution in [0, 0.1) is 0 Å². The van der Waals surface area contributed by atoms with Gasteiger partial charge in [-0.2, -0.15) is 0 Å². The first kappa shape index (κ1) is 22.5. The van der Waals surface area contributed by atoms with Crippen molar-refractivity contribution in [1.29, 1.82) is 0 Å². The number of halogens is 2. The Morgan fingerprint density at radius 2 is 1.96 bits per heavy atom. The lowest BCUT2D eigenvalue weighted by atomic mass is 10.0. The van der Waals surface area contributed by atoms with E-state index >= 15 is 0 Å². The number of hydrogen-bond acceptors (Lipinski definition) is 4. The zero-order valence-corrected chi connectivity index (χ0v) is 15.4. The van der Waals surface area contributed by atoms with E-state index in [1.165, 1.54) is 5.69 Å². The second kappa shape index (κ2) is 11.1. The highest BCUT2D eigenvalue weighted by atomic mass is 35.5. The predicted octanol–water partition coefficient (Wildman–Crippen LogP) is 1.03. The van der Waals surface area contributed by atoms with E-state index in [1.54, 1.807) is 11.9 Å². The number of anilines is 1. The molecule has 24 heavy (non-hydrogen) atoms. The number of nitrogens with zero attached hydrogens (tertiary/aromatic N) is 2. The van der Waals surface area contributed by atoms with Crippen LogP contribution in [0.2, 0.25) is 0 Å². The lowest BCUT2D eigenvalue weighted by Crippen LogP contribution is -2.51. The van der Waals surface area contributed by atoms with Gasteiger partial charge in [0.15, 0.2) is 0 Å². The maximum absolute atomic E-state index is 12.2. The molecule has 2 rings (SSSR count). The van der Waals surface area contributed by atoms with Gasteiger partial charge >= 0.3 is 0 Å². The van der Waals surface area contributed by atoms with Crippen LogP contribution in [-0.4, -0.2) is 56.0 Å². The smallest absolute Gasteiger partial charge is 0.242 e. The first-order chi connectivity index (χ1) is 10.6. The topological polar surface area (TPSA) is 78.7 Å². The predicted molar refractivity (Wildman–Crippen MR) is 101 cm³/mol. The fourth-order valence-electron chi connectivity index (χ4n) is 2.72. The van der Waals surface area contributed by atoms with E-state index in [0.717, 1.165) is 25.9 Å². The van der Waals surface area contributed by atoms with Crippen molar-refractivity contribution in [3.63, 3.8) is 0 Å². The summed E-state index contributed by atoms with van der Waals surface area (Å²) in [4.78, 5) is 27.3. The fraction of sp³-hybridized carbons (Fsp3) is 0.500. The molecule has 0 aliphatic carbocycles. The third kappa shape index (κ3) is 6.19. The summed E-state index contributed by atoms with van der Waals surface area (Å²) in [6.45, 7) is 1.74. The SMILES string of the molecule is CN(C(=O)CNC(=O)CN)C1CCCN(c2ccccc2)C1.Cl.Cl. The standard InChI is InChI=1S/C16H24N4O2.2ClH/c1-19(16(22)11-18-15(21)10-17)14-8-5-9-20(12-14)13-6-3-2-4-7-13;;/h2-4,6-7,14H,5,8-12,17H2,1H3,(H,18,21);2*1H. The first-order valence-corrected chi connectivity index (χ1v) is 7.64. The number of carbonyl (C=O) groups is 2. The van der Waals surface area contributed by atoms with Gasteiger partial charge in [0.25, 0.3) is 0 Å². The molecule has 1 aromatic rings. The second-order valence-electron chi connectivity index (χ2n) is 5.56. The monoisotopic (exact) mass is 376 g/mol. The molecular weight excluding hydrogens is 351 g/mol. The van der Waals surface area contributed by atoms with Gasteiger partial charge in [0, 0.05) is 31.9 Å². The number of para-hydroxylation sites is 1. The Balaban J connectivity index is 0.00000264. The Morgan fingerprint density at radius 1 is 1.29 bits per heavy atom. The molecule has 0 radical (unpaired) electrons. The van der Waals surface area contributed by atoms with Crippen molar-refractivity contribution >= 4 is 42.3 Å². The van der Waals surface area contributed by atoms with Gasteiger partial charge in [0.2, 0.25) is 11.8 Å². The fourth-order valence-corrected chi connectivity index (χ4v) is 2.72. The number of piperidine rings is 1. The highest BCUT2D eigenvalue weighted by Crippen LogP contribution is 2.21. The molecule has 1 aliphatic heterocycles. The second-order valence-corrected chi connectivity index (χ2v) is 5.56. The number of likely N-dealkylation sites (N-methyl/N-ethyl adjacent to an activating group) is 1. The van der Waals surface area contributed by atoms with Crippen LogP contribution in [0.1, 0.15) is 12.8 Å². The molecule has 136 valence electrons. The van der Waals surface area contributed by atoms with Crippen LogP contribution < -0.4 is 16.0 Å². The van der Waals surface area contributed by atoms with E-state index in [1.807, 2.05) is 18.2 Å². The summed E-state index contributed by atoms with van der Waals surface area (Å²) in [5.74, 6) is -0.391. The van der Waals surface area contributed by atoms with E-state index in [9.17, 15) is 9.59 Å². The van der Waals surface area contributed by atoms with E-state index in [4.69, 9.17) is 5.73 Å². The van der Waals surface area contributed by atoms with Crippen molar-refractivity contribution < 1.29 is 9.59 Å². The molecule has 3 N–H and O–H groups in total. The lowest BCUT2D eigenvalue weighted by Gasteiger charge is -2.38. The summed E-state index contributed by atoms with van der Waals surface area (Å²) in [5, 5.41) is 2.53. The van der Waals surface area contributed by atoms with E-state index in [2.05, 4.69) is 22.3 Å². The Hall–Kier alpha value is -1.50. The van der Waals surface area contributed by atoms with Crippen LogP contribution in [0.15, 0.2) is 30.3 Å². The van der Waals surface area contributed by atoms with Crippen LogP contribution in [0.25, 0.3) is 0 Å². The largest absolute Gasteiger partial charge is 0.369 e. The zero-order valence-electron chi connectivity index (χ0n) is 13.8. The molecule has 0 aromatic heterocycles. The summed E-state index contributed by atoms with van der Waals surface area (Å²) in [7, 11) is 1.80. The number of nitrogens with two attached hydrogens (primary N) is 1. The molecule has 0 saturated carbocycles. The van der Waals surface area contributed by atoms with Crippen LogP contribution >= 0.6 is 24.8 Å². The zero-order chi connectivity index (χ0) is 15.9. The molecule has 0 bridgehead atoms. The van der Waals surface area contributed by atoms with Gasteiger partial charge in [-0.1, -0.05) is 18.2 Å². The molecule has 1 fully saturated rings. The van der Waals surface area contributed by atoms with Crippen molar-refractivity contribution in [2.24, 2.45) is 5.73 Å². The van der Waals surface area contributed by atoms with Gasteiger partial charge in [0.05, 0.1) is 13.1 Å². The normalized spacial score (nSPS) is 16.4. The molecule has 6 nitrogen and oxygen atoms in total. The van der Waals surface area contributed by atoms with E-state index in [0.29, 0.717) is 0 Å². The van der Waals surface area contributed by atoms with Crippen molar-refractivity contribution in [3.8, 4) is 0 Å². The lowest BCUT2D eigenvalue weighted by molar-refractivity contribution is -0.133. The summed E-state index contributed by atoms with van der Waals surface area (Å²) >= 11 is 0. The van der Waals surface area contributed by atoms with Gasteiger partial charge in [-0.25, -0.2) is 0 Å². The van der Waals surface area contributed by atoms with Crippen LogP contribution in [0.3, 0.4) is 0 Å². The van der Waals surface area contributed by atoms with Crippen molar-refractivity contribution in [3.05, 3.63) is 30.3 Å². The number of hydrogen-bond donors (Lipinski definition) is 2. The molecule has 1 unspecified atom stereocenters. The Bertz CT molecular complexity index is 516. The third-order valence-corrected chi connectivity index (χ3v) is 4.08. The minimum atomic E-state index is -0.309. The maximum Gasteiger partial charge on any atom is 0.242 e. The van der Waals surface area contributed by atoms with E-state index in [-0.39, 0.29) is 55.8 Å². The van der Waals surface area contributed by atoms with Crippen LogP contribution in [0.5, 0.6) is 0 Å². The minimum absolute atomic E-state index is 0. The van der Waals surface area contributed by atoms with Crippen molar-refractivity contribution in [1.82, 2.24) is 10.2 Å². The van der Waals surface area contributed by atoms with Crippen LogP contribution in [0.4, 0.5) is 5.69 Å². The van der Waals surface area contributed by atoms with Crippen molar-refractivity contribution in [2.45, 2.75) is 18.9 Å². The molecule has 8 heteroatoms. The number of amides is 2. The summed E-state index contributed by atoms with van der Waals surface area (Å²) in [5.41, 5.74) is 6.40. The van der Waals surface area contributed by atoms with Gasteiger partial charge in [-0.3, -0.25) is 9.59 Å². The minimum Gasteiger partial charge on any atom is -0.369 e. The van der Waals surface area contributed by atoms with Gasteiger partial charge in [-0.15, -0.1) is 24.8 Å². The Kier molecular flexibility index (Phi) is 10.4. The molecule has 2 amide bonds. The number of carbonyl (C=O) groups excluding carboxylic acids is 2. The van der Waals surface area contributed by atoms with Gasteiger partial charge < -0.3 is 20.9 Å². The summed E-state index contributed by atoms with van der Waals surface area (Å²) < 4.78 is 0. The molecule has 1 saturated heterocycles. The number of nitrogens with one attached hydrogen (secondary N) is 1. The Morgan fingerprint density at radius 3 is 2.58 bits per heavy atom. The third-order valence-electron chi connectivity index (χ3n) is 4.08. The molecule has 0 spiro atoms. The van der Waals surface area contributed by atoms with E-state index < -0.39 is 0 Å². The quantitative estimate of drug-likeness (QED) is 0.804. The summed E-state index contributed by atoms with van der Waals surface area (Å²) in [6.07, 6.45) is 2.03. The first-order valence-electron chi connectivity index (χ1n) is 7.64. The van der Waals surface area contributed by atoms with Gasteiger partial charge in [0.1, 0.15) is 0 Å². The maximum atomic E-state index is 12.2. The van der Waals surface area contributed by atoms with Crippen molar-refractivity contribution in [2.75, 3.05) is 38.1 Å². The highest BCUT2D eigenvalue weighted by Gasteiger charge is 2.26. The average Bonchev–Trinajstić information content (AvgIpc) is 2.59. The molecule has 1 aromatic carbocycles. The summed E-state index contributed by atoms with van der Waals surface area (Å²) in [6, 6.07) is 10.4. The highest BCUT2D eigenvalue weighted by molar-refractivity contribution is 5.86. The van der Waals surface area contributed by atoms with Gasteiger partial charge in [-0.05, 0) is 25.0 Å².